The largest absolute Gasteiger partial charge is 0.444 e. The van der Waals surface area contributed by atoms with Crippen molar-refractivity contribution in [3.63, 3.8) is 0 Å². The monoisotopic (exact) mass is 373 g/mol. The number of hydrogen-bond donors (Lipinski definition) is 0. The van der Waals surface area contributed by atoms with Gasteiger partial charge in [-0.25, -0.2) is 9.18 Å². The van der Waals surface area contributed by atoms with Crippen LogP contribution in [0.15, 0.2) is 18.3 Å². The van der Waals surface area contributed by atoms with E-state index in [1.165, 1.54) is 0 Å². The van der Waals surface area contributed by atoms with Crippen LogP contribution in [0.2, 0.25) is 0 Å². The molecule has 5 nitrogen and oxygen atoms in total. The van der Waals surface area contributed by atoms with Crippen molar-refractivity contribution in [1.82, 2.24) is 14.8 Å². The fourth-order valence-electron chi connectivity index (χ4n) is 2.90. The Hall–Kier alpha value is -1.83. The molecule has 0 spiro atoms. The predicted octanol–water partition coefficient (Wildman–Crippen LogP) is 3.64. The lowest BCUT2D eigenvalue weighted by atomic mass is 10.0. The third-order valence-electron chi connectivity index (χ3n) is 4.31. The second-order valence-corrected chi connectivity index (χ2v) is 7.66. The fraction of sp³-hybridized carbons (Fsp3) is 0.667. The molecule has 1 saturated heterocycles. The highest BCUT2D eigenvalue weighted by atomic mass is 19.3. The van der Waals surface area contributed by atoms with E-state index in [4.69, 9.17) is 4.74 Å². The van der Waals surface area contributed by atoms with E-state index in [9.17, 15) is 18.0 Å². The van der Waals surface area contributed by atoms with Gasteiger partial charge in [-0.1, -0.05) is 0 Å². The number of halogens is 3. The minimum atomic E-state index is -3.16. The van der Waals surface area contributed by atoms with Crippen molar-refractivity contribution >= 4 is 6.09 Å². The predicted molar refractivity (Wildman–Crippen MR) is 91.5 cm³/mol. The smallest absolute Gasteiger partial charge is 0.410 e. The topological polar surface area (TPSA) is 45.7 Å². The summed E-state index contributed by atoms with van der Waals surface area (Å²) in [4.78, 5) is 18.8. The van der Waals surface area contributed by atoms with E-state index in [1.54, 1.807) is 37.6 Å². The Kier molecular flexibility index (Phi) is 6.16. The van der Waals surface area contributed by atoms with Crippen molar-refractivity contribution in [2.24, 2.45) is 0 Å². The third kappa shape index (κ3) is 5.59. The fourth-order valence-corrected chi connectivity index (χ4v) is 2.90. The van der Waals surface area contributed by atoms with Gasteiger partial charge in [-0.2, -0.15) is 8.78 Å². The van der Waals surface area contributed by atoms with E-state index in [0.717, 1.165) is 18.3 Å². The number of ether oxygens (including phenoxy) is 1. The van der Waals surface area contributed by atoms with Crippen molar-refractivity contribution in [1.29, 1.82) is 0 Å². The van der Waals surface area contributed by atoms with E-state index >= 15 is 0 Å². The Morgan fingerprint density at radius 3 is 2.42 bits per heavy atom. The molecule has 2 heterocycles. The molecular formula is C18H26F3N3O2. The van der Waals surface area contributed by atoms with Crippen molar-refractivity contribution < 1.29 is 22.7 Å². The molecule has 0 unspecified atom stereocenters. The molecule has 1 fully saturated rings. The van der Waals surface area contributed by atoms with E-state index in [0.29, 0.717) is 25.9 Å². The van der Waals surface area contributed by atoms with E-state index in [-0.39, 0.29) is 6.04 Å². The van der Waals surface area contributed by atoms with Crippen molar-refractivity contribution in [3.05, 3.63) is 29.8 Å². The standard InChI is InChI=1S/C18H26F3N3O2/c1-17(2,3)26-16(25)23(4)14-7-9-24(10-8-14)12-18(20,21)15-6-5-13(19)11-22-15/h5-6,11,14H,7-10,12H2,1-4H3. The van der Waals surface area contributed by atoms with E-state index < -0.39 is 35.7 Å². The Bertz CT molecular complexity index is 609. The van der Waals surface area contributed by atoms with Gasteiger partial charge < -0.3 is 9.64 Å². The molecule has 1 aliphatic rings. The molecule has 26 heavy (non-hydrogen) atoms. The number of carbonyl (C=O) groups is 1. The summed E-state index contributed by atoms with van der Waals surface area (Å²) in [6.07, 6.45) is 1.56. The van der Waals surface area contributed by atoms with Crippen LogP contribution in [0, 0.1) is 5.82 Å². The molecule has 146 valence electrons. The maximum Gasteiger partial charge on any atom is 0.410 e. The minimum Gasteiger partial charge on any atom is -0.444 e. The molecule has 1 amide bonds. The summed E-state index contributed by atoms with van der Waals surface area (Å²) in [5, 5.41) is 0. The molecule has 1 aromatic heterocycles. The summed E-state index contributed by atoms with van der Waals surface area (Å²) >= 11 is 0. The van der Waals surface area contributed by atoms with Gasteiger partial charge >= 0.3 is 12.0 Å². The number of aromatic nitrogens is 1. The van der Waals surface area contributed by atoms with Gasteiger partial charge in [0.15, 0.2) is 0 Å². The lowest BCUT2D eigenvalue weighted by Crippen LogP contribution is -2.48. The average Bonchev–Trinajstić information content (AvgIpc) is 2.53. The second kappa shape index (κ2) is 7.82. The van der Waals surface area contributed by atoms with Gasteiger partial charge in [0, 0.05) is 26.2 Å². The van der Waals surface area contributed by atoms with Gasteiger partial charge in [0.2, 0.25) is 0 Å². The Balaban J connectivity index is 1.88. The highest BCUT2D eigenvalue weighted by Crippen LogP contribution is 2.29. The van der Waals surface area contributed by atoms with Crippen LogP contribution in [0.5, 0.6) is 0 Å². The number of hydrogen-bond acceptors (Lipinski definition) is 4. The quantitative estimate of drug-likeness (QED) is 0.808. The third-order valence-corrected chi connectivity index (χ3v) is 4.31. The molecule has 0 saturated carbocycles. The van der Waals surface area contributed by atoms with Gasteiger partial charge in [0.05, 0.1) is 12.7 Å². The van der Waals surface area contributed by atoms with Gasteiger partial charge in [-0.05, 0) is 45.7 Å². The Morgan fingerprint density at radius 2 is 1.92 bits per heavy atom. The zero-order valence-corrected chi connectivity index (χ0v) is 15.6. The maximum atomic E-state index is 14.3. The maximum absolute atomic E-state index is 14.3. The first-order valence-corrected chi connectivity index (χ1v) is 8.66. The minimum absolute atomic E-state index is 0.0429. The van der Waals surface area contributed by atoms with E-state index in [2.05, 4.69) is 4.98 Å². The molecule has 0 aromatic carbocycles. The first kappa shape index (κ1) is 20.5. The molecule has 1 aromatic rings. The van der Waals surface area contributed by atoms with Crippen LogP contribution < -0.4 is 0 Å². The number of carbonyl (C=O) groups excluding carboxylic acids is 1. The van der Waals surface area contributed by atoms with Crippen LogP contribution in [0.4, 0.5) is 18.0 Å². The molecule has 1 aliphatic heterocycles. The highest BCUT2D eigenvalue weighted by Gasteiger charge is 2.37. The number of pyridine rings is 1. The lowest BCUT2D eigenvalue weighted by Gasteiger charge is -2.38. The zero-order chi connectivity index (χ0) is 19.5. The summed E-state index contributed by atoms with van der Waals surface area (Å²) < 4.78 is 46.9. The number of rotatable bonds is 4. The summed E-state index contributed by atoms with van der Waals surface area (Å²) in [6.45, 7) is 5.80. The second-order valence-electron chi connectivity index (χ2n) is 7.66. The SMILES string of the molecule is CN(C(=O)OC(C)(C)C)C1CCN(CC(F)(F)c2ccc(F)cn2)CC1. The molecule has 0 aliphatic carbocycles. The summed E-state index contributed by atoms with van der Waals surface area (Å²) in [6, 6.07) is 1.95. The summed E-state index contributed by atoms with van der Waals surface area (Å²) in [5.74, 6) is -3.80. The van der Waals surface area contributed by atoms with Gasteiger partial charge in [0.1, 0.15) is 17.1 Å². The molecule has 2 rings (SSSR count). The van der Waals surface area contributed by atoms with Crippen LogP contribution in [-0.2, 0) is 10.7 Å². The van der Waals surface area contributed by atoms with Gasteiger partial charge in [-0.15, -0.1) is 0 Å². The molecule has 0 N–H and O–H groups in total. The lowest BCUT2D eigenvalue weighted by molar-refractivity contribution is -0.0506. The number of piperidine rings is 1. The Labute approximate surface area is 152 Å². The molecule has 8 heteroatoms. The molecular weight excluding hydrogens is 347 g/mol. The van der Waals surface area contributed by atoms with Crippen LogP contribution in [0.25, 0.3) is 0 Å². The normalized spacial score (nSPS) is 17.2. The first-order chi connectivity index (χ1) is 12.0. The van der Waals surface area contributed by atoms with Gasteiger partial charge in [0.25, 0.3) is 0 Å². The molecule has 0 bridgehead atoms. The summed E-state index contributed by atoms with van der Waals surface area (Å²) in [5.41, 5.74) is -1.01. The van der Waals surface area contributed by atoms with Gasteiger partial charge in [-0.3, -0.25) is 9.88 Å². The zero-order valence-electron chi connectivity index (χ0n) is 15.6. The van der Waals surface area contributed by atoms with E-state index in [1.807, 2.05) is 0 Å². The van der Waals surface area contributed by atoms with Crippen molar-refractivity contribution in [3.8, 4) is 0 Å². The van der Waals surface area contributed by atoms with Crippen LogP contribution in [-0.4, -0.2) is 59.2 Å². The van der Waals surface area contributed by atoms with Crippen molar-refractivity contribution in [2.75, 3.05) is 26.7 Å². The average molecular weight is 373 g/mol. The molecule has 0 radical (unpaired) electrons. The van der Waals surface area contributed by atoms with Crippen molar-refractivity contribution in [2.45, 2.75) is 51.2 Å². The van der Waals surface area contributed by atoms with Crippen LogP contribution >= 0.6 is 0 Å². The first-order valence-electron chi connectivity index (χ1n) is 8.66. The highest BCUT2D eigenvalue weighted by molar-refractivity contribution is 5.68. The number of nitrogens with zero attached hydrogens (tertiary/aromatic N) is 3. The number of alkyl halides is 2. The number of likely N-dealkylation sites (tertiary alicyclic amines) is 1. The molecule has 0 atom stereocenters. The van der Waals surface area contributed by atoms with Crippen LogP contribution in [0.1, 0.15) is 39.3 Å². The Morgan fingerprint density at radius 1 is 1.31 bits per heavy atom. The van der Waals surface area contributed by atoms with Crippen LogP contribution in [0.3, 0.4) is 0 Å². The summed E-state index contributed by atoms with van der Waals surface area (Å²) in [7, 11) is 1.67. The number of amides is 1.